The molecule has 3 aliphatic rings. The maximum absolute atomic E-state index is 10.9. The number of rotatable bonds is 1. The van der Waals surface area contributed by atoms with Crippen LogP contribution in [0.15, 0.2) is 23.3 Å². The molecule has 0 heterocycles. The predicted molar refractivity (Wildman–Crippen MR) is 85.0 cm³/mol. The highest BCUT2D eigenvalue weighted by Gasteiger charge is 2.53. The minimum Gasteiger partial charge on any atom is -0.478 e. The Balaban J connectivity index is 1.93. The van der Waals surface area contributed by atoms with Gasteiger partial charge in [-0.15, -0.1) is 0 Å². The van der Waals surface area contributed by atoms with Crippen molar-refractivity contribution in [2.75, 3.05) is 0 Å². The zero-order valence-electron chi connectivity index (χ0n) is 13.6. The monoisotopic (exact) mass is 288 g/mol. The van der Waals surface area contributed by atoms with Gasteiger partial charge in [0.25, 0.3) is 0 Å². The molecule has 2 fully saturated rings. The van der Waals surface area contributed by atoms with E-state index in [9.17, 15) is 4.79 Å². The van der Waals surface area contributed by atoms with E-state index in [4.69, 9.17) is 5.11 Å². The molecule has 1 N–H and O–H groups in total. The lowest BCUT2D eigenvalue weighted by atomic mass is 9.46. The first-order valence-electron chi connectivity index (χ1n) is 8.47. The SMILES string of the molecule is CC1(C)CCCC2(C)C3CCC(=CC(=O)O)C=C3CCC12. The second kappa shape index (κ2) is 5.00. The third-order valence-electron chi connectivity index (χ3n) is 6.64. The average Bonchev–Trinajstić information content (AvgIpc) is 2.36. The Kier molecular flexibility index (Phi) is 3.54. The fraction of sp³-hybridized carbons (Fsp3) is 0.737. The summed E-state index contributed by atoms with van der Waals surface area (Å²) in [5, 5.41) is 8.96. The van der Waals surface area contributed by atoms with Gasteiger partial charge in [0.2, 0.25) is 0 Å². The van der Waals surface area contributed by atoms with Crippen LogP contribution in [0.5, 0.6) is 0 Å². The van der Waals surface area contributed by atoms with Crippen molar-refractivity contribution in [1.82, 2.24) is 0 Å². The summed E-state index contributed by atoms with van der Waals surface area (Å²) in [6.45, 7) is 7.44. The smallest absolute Gasteiger partial charge is 0.328 e. The molecule has 0 radical (unpaired) electrons. The van der Waals surface area contributed by atoms with E-state index in [1.54, 1.807) is 0 Å². The lowest BCUT2D eigenvalue weighted by Crippen LogP contribution is -2.50. The van der Waals surface area contributed by atoms with Crippen LogP contribution in [0.25, 0.3) is 0 Å². The number of aliphatic carboxylic acids is 1. The molecule has 3 rings (SSSR count). The van der Waals surface area contributed by atoms with Crippen LogP contribution < -0.4 is 0 Å². The van der Waals surface area contributed by atoms with Crippen LogP contribution >= 0.6 is 0 Å². The predicted octanol–water partition coefficient (Wildman–Crippen LogP) is 4.96. The Morgan fingerprint density at radius 2 is 2.00 bits per heavy atom. The summed E-state index contributed by atoms with van der Waals surface area (Å²) in [5.74, 6) is 0.701. The van der Waals surface area contributed by atoms with Crippen molar-refractivity contribution in [3.05, 3.63) is 23.3 Å². The van der Waals surface area contributed by atoms with Crippen LogP contribution in [0.4, 0.5) is 0 Å². The maximum atomic E-state index is 10.9. The van der Waals surface area contributed by atoms with E-state index >= 15 is 0 Å². The first-order valence-corrected chi connectivity index (χ1v) is 8.47. The summed E-state index contributed by atoms with van der Waals surface area (Å²) >= 11 is 0. The zero-order chi connectivity index (χ0) is 15.3. The van der Waals surface area contributed by atoms with E-state index in [0.29, 0.717) is 16.7 Å². The number of carboxylic acids is 1. The normalized spacial score (nSPS) is 40.1. The molecule has 2 heteroatoms. The van der Waals surface area contributed by atoms with Gasteiger partial charge in [0.05, 0.1) is 0 Å². The Morgan fingerprint density at radius 3 is 2.71 bits per heavy atom. The number of carboxylic acid groups (broad SMARTS) is 1. The van der Waals surface area contributed by atoms with Gasteiger partial charge in [0.15, 0.2) is 0 Å². The highest BCUT2D eigenvalue weighted by atomic mass is 16.4. The Bertz CT molecular complexity index is 512. The second-order valence-electron chi connectivity index (χ2n) is 8.31. The Labute approximate surface area is 128 Å². The quantitative estimate of drug-likeness (QED) is 0.692. The van der Waals surface area contributed by atoms with Gasteiger partial charge in [-0.1, -0.05) is 38.8 Å². The first kappa shape index (κ1) is 14.9. The molecule has 116 valence electrons. The number of fused-ring (bicyclic) bond motifs is 3. The number of carbonyl (C=O) groups is 1. The molecular weight excluding hydrogens is 260 g/mol. The fourth-order valence-corrected chi connectivity index (χ4v) is 5.79. The van der Waals surface area contributed by atoms with E-state index < -0.39 is 5.97 Å². The van der Waals surface area contributed by atoms with Crippen LogP contribution in [0.3, 0.4) is 0 Å². The van der Waals surface area contributed by atoms with E-state index in [0.717, 1.165) is 24.3 Å². The van der Waals surface area contributed by atoms with Crippen molar-refractivity contribution in [3.63, 3.8) is 0 Å². The van der Waals surface area contributed by atoms with Gasteiger partial charge in [-0.3, -0.25) is 0 Å². The van der Waals surface area contributed by atoms with E-state index in [1.165, 1.54) is 43.8 Å². The molecular formula is C19H28O2. The van der Waals surface area contributed by atoms with Gasteiger partial charge in [-0.05, 0) is 66.8 Å². The molecule has 3 unspecified atom stereocenters. The Hall–Kier alpha value is -1.05. The standard InChI is InChI=1S/C19H28O2/c1-18(2)9-4-10-19(3)15-7-5-13(12-17(20)21)11-14(15)6-8-16(18)19/h11-12,15-16H,4-10H2,1-3H3,(H,20,21). The third kappa shape index (κ3) is 2.47. The summed E-state index contributed by atoms with van der Waals surface area (Å²) in [5.41, 5.74) is 3.45. The summed E-state index contributed by atoms with van der Waals surface area (Å²) in [6.07, 6.45) is 12.2. The fourth-order valence-electron chi connectivity index (χ4n) is 5.79. The minimum atomic E-state index is -0.806. The van der Waals surface area contributed by atoms with Crippen LogP contribution in [0.2, 0.25) is 0 Å². The molecule has 0 aromatic heterocycles. The van der Waals surface area contributed by atoms with Crippen molar-refractivity contribution < 1.29 is 9.90 Å². The third-order valence-corrected chi connectivity index (χ3v) is 6.64. The molecule has 3 aliphatic carbocycles. The lowest BCUT2D eigenvalue weighted by molar-refractivity contribution is -0.131. The molecule has 0 bridgehead atoms. The van der Waals surface area contributed by atoms with Gasteiger partial charge in [-0.2, -0.15) is 0 Å². The van der Waals surface area contributed by atoms with Gasteiger partial charge in [-0.25, -0.2) is 4.79 Å². The molecule has 0 amide bonds. The number of allylic oxidation sites excluding steroid dienone is 3. The summed E-state index contributed by atoms with van der Waals surface area (Å²) < 4.78 is 0. The summed E-state index contributed by atoms with van der Waals surface area (Å²) in [4.78, 5) is 10.9. The molecule has 0 aromatic carbocycles. The summed E-state index contributed by atoms with van der Waals surface area (Å²) in [6, 6.07) is 0. The number of hydrogen-bond donors (Lipinski definition) is 1. The van der Waals surface area contributed by atoms with Crippen LogP contribution in [-0.2, 0) is 4.79 Å². The van der Waals surface area contributed by atoms with Crippen molar-refractivity contribution in [2.24, 2.45) is 22.7 Å². The van der Waals surface area contributed by atoms with Gasteiger partial charge < -0.3 is 5.11 Å². The molecule has 3 atom stereocenters. The molecule has 0 aliphatic heterocycles. The second-order valence-corrected chi connectivity index (χ2v) is 8.31. The van der Waals surface area contributed by atoms with Crippen molar-refractivity contribution in [3.8, 4) is 0 Å². The van der Waals surface area contributed by atoms with Crippen molar-refractivity contribution in [2.45, 2.75) is 65.7 Å². The molecule has 2 saturated carbocycles. The zero-order valence-corrected chi connectivity index (χ0v) is 13.6. The van der Waals surface area contributed by atoms with Gasteiger partial charge in [0.1, 0.15) is 0 Å². The van der Waals surface area contributed by atoms with Crippen LogP contribution in [-0.4, -0.2) is 11.1 Å². The van der Waals surface area contributed by atoms with Crippen molar-refractivity contribution >= 4 is 5.97 Å². The van der Waals surface area contributed by atoms with Crippen LogP contribution in [0.1, 0.15) is 65.7 Å². The molecule has 2 nitrogen and oxygen atoms in total. The highest BCUT2D eigenvalue weighted by molar-refractivity contribution is 5.81. The highest BCUT2D eigenvalue weighted by Crippen LogP contribution is 2.62. The Morgan fingerprint density at radius 1 is 1.24 bits per heavy atom. The topological polar surface area (TPSA) is 37.3 Å². The number of hydrogen-bond acceptors (Lipinski definition) is 1. The lowest BCUT2D eigenvalue weighted by Gasteiger charge is -2.58. The van der Waals surface area contributed by atoms with E-state index in [2.05, 4.69) is 26.8 Å². The summed E-state index contributed by atoms with van der Waals surface area (Å²) in [7, 11) is 0. The largest absolute Gasteiger partial charge is 0.478 e. The van der Waals surface area contributed by atoms with Crippen molar-refractivity contribution in [1.29, 1.82) is 0 Å². The van der Waals surface area contributed by atoms with Gasteiger partial charge in [0, 0.05) is 6.08 Å². The molecule has 0 spiro atoms. The average molecular weight is 288 g/mol. The van der Waals surface area contributed by atoms with E-state index in [-0.39, 0.29) is 0 Å². The molecule has 0 aromatic rings. The first-order chi connectivity index (χ1) is 9.83. The minimum absolute atomic E-state index is 0.431. The molecule has 21 heavy (non-hydrogen) atoms. The maximum Gasteiger partial charge on any atom is 0.328 e. The van der Waals surface area contributed by atoms with Gasteiger partial charge >= 0.3 is 5.97 Å². The van der Waals surface area contributed by atoms with E-state index in [1.807, 2.05) is 0 Å². The van der Waals surface area contributed by atoms with Crippen LogP contribution in [0, 0.1) is 22.7 Å². The molecule has 0 saturated heterocycles.